The van der Waals surface area contributed by atoms with Crippen LogP contribution in [0.2, 0.25) is 5.02 Å². The number of ether oxygens (including phenoxy) is 2. The third kappa shape index (κ3) is 4.26. The quantitative estimate of drug-likeness (QED) is 0.669. The smallest absolute Gasteiger partial charge is 0.316 e. The van der Waals surface area contributed by atoms with Crippen LogP contribution in [0, 0.1) is 12.7 Å². The first-order chi connectivity index (χ1) is 13.4. The van der Waals surface area contributed by atoms with Gasteiger partial charge in [0.1, 0.15) is 11.6 Å². The summed E-state index contributed by atoms with van der Waals surface area (Å²) in [6, 6.07) is 9.79. The molecule has 0 amide bonds. The first-order valence-corrected chi connectivity index (χ1v) is 8.80. The lowest BCUT2D eigenvalue weighted by Crippen LogP contribution is -2.19. The van der Waals surface area contributed by atoms with Crippen LogP contribution < -0.4 is 20.3 Å². The Morgan fingerprint density at radius 3 is 2.71 bits per heavy atom. The summed E-state index contributed by atoms with van der Waals surface area (Å²) >= 11 is 6.17. The zero-order valence-corrected chi connectivity index (χ0v) is 16.4. The van der Waals surface area contributed by atoms with Crippen molar-refractivity contribution in [2.24, 2.45) is 0 Å². The van der Waals surface area contributed by atoms with Gasteiger partial charge in [0.25, 0.3) is 0 Å². The number of halogens is 2. The lowest BCUT2D eigenvalue weighted by atomic mass is 10.2. The van der Waals surface area contributed by atoms with E-state index in [1.165, 1.54) is 32.5 Å². The maximum absolute atomic E-state index is 13.9. The first-order valence-electron chi connectivity index (χ1n) is 8.42. The van der Waals surface area contributed by atoms with Crippen LogP contribution in [0.5, 0.6) is 11.5 Å². The summed E-state index contributed by atoms with van der Waals surface area (Å²) in [5.41, 5.74) is 1.64. The highest BCUT2D eigenvalue weighted by Crippen LogP contribution is 2.26. The largest absolute Gasteiger partial charge is 0.497 e. The van der Waals surface area contributed by atoms with Crippen molar-refractivity contribution in [1.82, 2.24) is 9.55 Å². The van der Waals surface area contributed by atoms with E-state index in [1.54, 1.807) is 22.8 Å². The summed E-state index contributed by atoms with van der Waals surface area (Å²) in [6.45, 7) is 2.09. The maximum Gasteiger partial charge on any atom is 0.316 e. The molecule has 0 aliphatic carbocycles. The van der Waals surface area contributed by atoms with E-state index < -0.39 is 11.4 Å². The van der Waals surface area contributed by atoms with Crippen molar-refractivity contribution >= 4 is 23.2 Å². The van der Waals surface area contributed by atoms with E-state index in [-0.39, 0.29) is 18.2 Å². The molecule has 0 aliphatic heterocycles. The number of hydrogen-bond acceptors (Lipinski definition) is 5. The van der Waals surface area contributed by atoms with Gasteiger partial charge in [0, 0.05) is 16.8 Å². The van der Waals surface area contributed by atoms with E-state index in [9.17, 15) is 9.18 Å². The van der Waals surface area contributed by atoms with E-state index in [1.807, 2.05) is 13.0 Å². The van der Waals surface area contributed by atoms with Crippen LogP contribution in [0.15, 0.2) is 47.4 Å². The summed E-state index contributed by atoms with van der Waals surface area (Å²) in [7, 11) is 2.86. The van der Waals surface area contributed by atoms with Crippen LogP contribution >= 0.6 is 11.6 Å². The molecule has 0 aliphatic rings. The van der Waals surface area contributed by atoms with Gasteiger partial charge in [-0.05, 0) is 42.3 Å². The highest BCUT2D eigenvalue weighted by molar-refractivity contribution is 6.31. The molecule has 1 heterocycles. The van der Waals surface area contributed by atoms with E-state index in [0.717, 1.165) is 5.56 Å². The average Bonchev–Trinajstić information content (AvgIpc) is 2.66. The molecule has 0 fully saturated rings. The molecule has 146 valence electrons. The van der Waals surface area contributed by atoms with Crippen molar-refractivity contribution in [2.75, 3.05) is 19.5 Å². The molecule has 0 unspecified atom stereocenters. The molecule has 6 nitrogen and oxygen atoms in total. The number of nitrogens with one attached hydrogen (secondary N) is 1. The van der Waals surface area contributed by atoms with Gasteiger partial charge in [-0.2, -0.15) is 4.98 Å². The predicted octanol–water partition coefficient (Wildman–Crippen LogP) is 4.15. The average molecular weight is 404 g/mol. The number of anilines is 2. The number of benzene rings is 2. The molecule has 1 N–H and O–H groups in total. The second-order valence-electron chi connectivity index (χ2n) is 6.10. The van der Waals surface area contributed by atoms with Gasteiger partial charge < -0.3 is 19.4 Å². The van der Waals surface area contributed by atoms with Gasteiger partial charge >= 0.3 is 5.56 Å². The predicted molar refractivity (Wildman–Crippen MR) is 107 cm³/mol. The third-order valence-electron chi connectivity index (χ3n) is 4.22. The van der Waals surface area contributed by atoms with Crippen molar-refractivity contribution in [3.05, 3.63) is 74.9 Å². The Balaban J connectivity index is 2.05. The van der Waals surface area contributed by atoms with Crippen LogP contribution in [-0.4, -0.2) is 23.8 Å². The van der Waals surface area contributed by atoms with Gasteiger partial charge in [-0.15, -0.1) is 0 Å². The fourth-order valence-electron chi connectivity index (χ4n) is 2.72. The first kappa shape index (κ1) is 19.7. The molecule has 0 saturated heterocycles. The van der Waals surface area contributed by atoms with Crippen LogP contribution in [0.25, 0.3) is 0 Å². The monoisotopic (exact) mass is 403 g/mol. The lowest BCUT2D eigenvalue weighted by molar-refractivity contribution is 0.402. The van der Waals surface area contributed by atoms with Crippen LogP contribution in [-0.2, 0) is 6.54 Å². The van der Waals surface area contributed by atoms with Crippen LogP contribution in [0.3, 0.4) is 0 Å². The summed E-state index contributed by atoms with van der Waals surface area (Å²) in [6.07, 6.45) is 1.52. The minimum absolute atomic E-state index is 0.0803. The summed E-state index contributed by atoms with van der Waals surface area (Å²) in [4.78, 5) is 16.3. The van der Waals surface area contributed by atoms with E-state index in [0.29, 0.717) is 22.0 Å². The van der Waals surface area contributed by atoms with Gasteiger partial charge in [0.2, 0.25) is 11.7 Å². The van der Waals surface area contributed by atoms with Gasteiger partial charge in [-0.1, -0.05) is 17.7 Å². The second-order valence-corrected chi connectivity index (χ2v) is 6.51. The molecule has 3 aromatic rings. The number of nitrogens with zero attached hydrogens (tertiary/aromatic N) is 2. The maximum atomic E-state index is 13.9. The fraction of sp³-hybridized carbons (Fsp3) is 0.200. The van der Waals surface area contributed by atoms with E-state index >= 15 is 0 Å². The van der Waals surface area contributed by atoms with Gasteiger partial charge in [-0.3, -0.25) is 4.79 Å². The highest BCUT2D eigenvalue weighted by Gasteiger charge is 2.12. The van der Waals surface area contributed by atoms with Crippen LogP contribution in [0.1, 0.15) is 11.1 Å². The highest BCUT2D eigenvalue weighted by atomic mass is 35.5. The minimum atomic E-state index is -0.516. The molecule has 0 saturated carbocycles. The molecule has 3 rings (SSSR count). The van der Waals surface area contributed by atoms with E-state index in [2.05, 4.69) is 10.3 Å². The lowest BCUT2D eigenvalue weighted by Gasteiger charge is -2.17. The molecule has 0 spiro atoms. The Labute approximate surface area is 166 Å². The normalized spacial score (nSPS) is 10.6. The van der Waals surface area contributed by atoms with Gasteiger partial charge in [0.05, 0.1) is 27.0 Å². The van der Waals surface area contributed by atoms with Crippen molar-refractivity contribution in [3.63, 3.8) is 0 Å². The Morgan fingerprint density at radius 2 is 2.00 bits per heavy atom. The van der Waals surface area contributed by atoms with Gasteiger partial charge in [0.15, 0.2) is 0 Å². The van der Waals surface area contributed by atoms with Crippen molar-refractivity contribution in [2.45, 2.75) is 13.5 Å². The van der Waals surface area contributed by atoms with Crippen molar-refractivity contribution in [3.8, 4) is 11.5 Å². The zero-order chi connectivity index (χ0) is 20.3. The number of rotatable bonds is 6. The fourth-order valence-corrected chi connectivity index (χ4v) is 2.90. The Bertz CT molecular complexity index is 1070. The number of hydrogen-bond donors (Lipinski definition) is 1. The summed E-state index contributed by atoms with van der Waals surface area (Å²) < 4.78 is 25.7. The molecule has 2 aromatic carbocycles. The Kier molecular flexibility index (Phi) is 5.84. The molecule has 0 radical (unpaired) electrons. The van der Waals surface area contributed by atoms with Gasteiger partial charge in [-0.25, -0.2) is 4.39 Å². The zero-order valence-electron chi connectivity index (χ0n) is 15.6. The molecule has 0 bridgehead atoms. The molecular formula is C20H19ClFN3O3. The summed E-state index contributed by atoms with van der Waals surface area (Å²) in [5, 5.41) is 3.71. The van der Waals surface area contributed by atoms with E-state index in [4.69, 9.17) is 21.1 Å². The molecule has 28 heavy (non-hydrogen) atoms. The second kappa shape index (κ2) is 8.31. The topological polar surface area (TPSA) is 65.4 Å². The third-order valence-corrected chi connectivity index (χ3v) is 4.63. The van der Waals surface area contributed by atoms with Crippen LogP contribution in [0.4, 0.5) is 16.0 Å². The molecule has 8 heteroatoms. The standard InChI is InChI=1S/C20H19ClFN3O3/c1-12-16(21)5-4-6-17(12)23-20-24-19(26)18(28-3)11-25(20)10-13-7-14(22)9-15(8-13)27-2/h4-9,11H,10H2,1-3H3,(H,23,24,26). The van der Waals surface area contributed by atoms with Crippen molar-refractivity contribution in [1.29, 1.82) is 0 Å². The number of methoxy groups -OCH3 is 2. The summed E-state index contributed by atoms with van der Waals surface area (Å²) in [5.74, 6) is 0.336. The molecular weight excluding hydrogens is 385 g/mol. The Hall–Kier alpha value is -3.06. The molecule has 0 atom stereocenters. The van der Waals surface area contributed by atoms with Crippen molar-refractivity contribution < 1.29 is 13.9 Å². The molecule has 1 aromatic heterocycles. The SMILES string of the molecule is COc1cc(F)cc(Cn2cc(OC)c(=O)nc2Nc2cccc(Cl)c2C)c1. The Morgan fingerprint density at radius 1 is 1.21 bits per heavy atom. The number of aromatic nitrogens is 2. The minimum Gasteiger partial charge on any atom is -0.497 e.